The minimum absolute atomic E-state index is 0.389. The van der Waals surface area contributed by atoms with Crippen LogP contribution in [0.3, 0.4) is 0 Å². The Balaban J connectivity index is 2.28. The maximum atomic E-state index is 10.4. The molecule has 2 aromatic rings. The van der Waals surface area contributed by atoms with Gasteiger partial charge in [0.2, 0.25) is 0 Å². The average Bonchev–Trinajstić information content (AvgIpc) is 2.78. The van der Waals surface area contributed by atoms with Crippen molar-refractivity contribution in [3.63, 3.8) is 0 Å². The lowest BCUT2D eigenvalue weighted by atomic mass is 10.1. The van der Waals surface area contributed by atoms with E-state index in [9.17, 15) is 9.90 Å². The number of nitrogens with zero attached hydrogens (tertiary/aromatic N) is 1. The molecule has 1 aromatic heterocycles. The van der Waals surface area contributed by atoms with Crippen LogP contribution in [0.15, 0.2) is 35.7 Å². The van der Waals surface area contributed by atoms with E-state index in [1.165, 1.54) is 11.3 Å². The number of hydrogen-bond donors (Lipinski definition) is 1. The van der Waals surface area contributed by atoms with E-state index in [2.05, 4.69) is 4.98 Å². The lowest BCUT2D eigenvalue weighted by molar-refractivity contribution is 0.112. The largest absolute Gasteiger partial charge is 0.382 e. The van der Waals surface area contributed by atoms with Crippen molar-refractivity contribution >= 4 is 17.6 Å². The van der Waals surface area contributed by atoms with Gasteiger partial charge in [-0.3, -0.25) is 4.79 Å². The highest BCUT2D eigenvalue weighted by molar-refractivity contribution is 7.11. The van der Waals surface area contributed by atoms with Crippen molar-refractivity contribution in [1.82, 2.24) is 4.98 Å². The van der Waals surface area contributed by atoms with E-state index in [0.717, 1.165) is 5.56 Å². The predicted octanol–water partition coefficient (Wildman–Crippen LogP) is 2.04. The highest BCUT2D eigenvalue weighted by atomic mass is 32.1. The zero-order valence-corrected chi connectivity index (χ0v) is 8.65. The van der Waals surface area contributed by atoms with Crippen LogP contribution in [-0.2, 0) is 0 Å². The van der Waals surface area contributed by atoms with Gasteiger partial charge in [0.15, 0.2) is 11.3 Å². The molecule has 0 aliphatic rings. The van der Waals surface area contributed by atoms with Gasteiger partial charge in [-0.1, -0.05) is 30.3 Å². The van der Waals surface area contributed by atoms with Gasteiger partial charge in [-0.15, -0.1) is 11.3 Å². The van der Waals surface area contributed by atoms with E-state index in [0.29, 0.717) is 17.0 Å². The van der Waals surface area contributed by atoms with E-state index in [4.69, 9.17) is 0 Å². The molecule has 1 atom stereocenters. The number of aldehydes is 1. The Morgan fingerprint density at radius 2 is 2.07 bits per heavy atom. The van der Waals surface area contributed by atoms with E-state index < -0.39 is 6.10 Å². The van der Waals surface area contributed by atoms with Crippen LogP contribution in [0.1, 0.15) is 27.2 Å². The summed E-state index contributed by atoms with van der Waals surface area (Å²) in [6.07, 6.45) is -0.0672. The monoisotopic (exact) mass is 219 g/mol. The minimum Gasteiger partial charge on any atom is -0.382 e. The smallest absolute Gasteiger partial charge is 0.178 e. The molecule has 0 bridgehead atoms. The maximum Gasteiger partial charge on any atom is 0.178 e. The molecule has 0 amide bonds. The van der Waals surface area contributed by atoms with Crippen molar-refractivity contribution in [2.75, 3.05) is 0 Å². The summed E-state index contributed by atoms with van der Waals surface area (Å²) in [6.45, 7) is 0. The first-order valence-corrected chi connectivity index (χ1v) is 5.33. The highest BCUT2D eigenvalue weighted by Crippen LogP contribution is 2.22. The summed E-state index contributed by atoms with van der Waals surface area (Å²) in [5.74, 6) is 0. The van der Waals surface area contributed by atoms with Gasteiger partial charge in [0.1, 0.15) is 6.10 Å². The van der Waals surface area contributed by atoms with Crippen molar-refractivity contribution in [3.05, 3.63) is 52.0 Å². The summed E-state index contributed by atoms with van der Waals surface area (Å²) in [5, 5.41) is 12.0. The molecule has 1 N–H and O–H groups in total. The van der Waals surface area contributed by atoms with Crippen LogP contribution >= 0.6 is 11.3 Å². The molecule has 1 aromatic carbocycles. The number of rotatable bonds is 3. The van der Waals surface area contributed by atoms with Crippen molar-refractivity contribution in [2.24, 2.45) is 0 Å². The van der Waals surface area contributed by atoms with Gasteiger partial charge in [-0.25, -0.2) is 4.98 Å². The Labute approximate surface area is 91.0 Å². The first-order chi connectivity index (χ1) is 7.31. The number of aromatic nitrogens is 1. The molecular weight excluding hydrogens is 210 g/mol. The van der Waals surface area contributed by atoms with Crippen LogP contribution in [0.2, 0.25) is 0 Å². The first-order valence-electron chi connectivity index (χ1n) is 4.45. The van der Waals surface area contributed by atoms with E-state index in [1.54, 1.807) is 5.38 Å². The molecule has 76 valence electrons. The van der Waals surface area contributed by atoms with Gasteiger partial charge < -0.3 is 5.11 Å². The second-order valence-electron chi connectivity index (χ2n) is 3.04. The third-order valence-corrected chi connectivity index (χ3v) is 2.82. The lowest BCUT2D eigenvalue weighted by Gasteiger charge is -2.06. The molecule has 0 radical (unpaired) electrons. The SMILES string of the molecule is O=Cc1nc(C(O)c2ccccc2)cs1. The summed E-state index contributed by atoms with van der Waals surface area (Å²) in [6, 6.07) is 9.24. The van der Waals surface area contributed by atoms with Crippen LogP contribution in [0.5, 0.6) is 0 Å². The topological polar surface area (TPSA) is 50.2 Å². The number of hydrogen-bond acceptors (Lipinski definition) is 4. The average molecular weight is 219 g/mol. The Morgan fingerprint density at radius 3 is 2.67 bits per heavy atom. The van der Waals surface area contributed by atoms with Gasteiger partial charge in [0, 0.05) is 5.38 Å². The third kappa shape index (κ3) is 2.11. The zero-order valence-electron chi connectivity index (χ0n) is 7.83. The van der Waals surface area contributed by atoms with Crippen LogP contribution < -0.4 is 0 Å². The van der Waals surface area contributed by atoms with Crippen LogP contribution in [0.25, 0.3) is 0 Å². The second kappa shape index (κ2) is 4.33. The molecule has 1 unspecified atom stereocenters. The molecule has 0 saturated carbocycles. The van der Waals surface area contributed by atoms with Crippen molar-refractivity contribution < 1.29 is 9.90 Å². The number of aliphatic hydroxyl groups excluding tert-OH is 1. The fourth-order valence-corrected chi connectivity index (χ4v) is 1.92. The number of thiazole rings is 1. The quantitative estimate of drug-likeness (QED) is 0.804. The summed E-state index contributed by atoms with van der Waals surface area (Å²) >= 11 is 1.23. The Hall–Kier alpha value is -1.52. The van der Waals surface area contributed by atoms with E-state index in [1.807, 2.05) is 30.3 Å². The van der Waals surface area contributed by atoms with Crippen LogP contribution in [-0.4, -0.2) is 16.4 Å². The summed E-state index contributed by atoms with van der Waals surface area (Å²) in [7, 11) is 0. The third-order valence-electron chi connectivity index (χ3n) is 2.04. The molecule has 1 heterocycles. The van der Waals surface area contributed by atoms with Gasteiger partial charge in [0.05, 0.1) is 5.69 Å². The van der Waals surface area contributed by atoms with Crippen molar-refractivity contribution in [2.45, 2.75) is 6.10 Å². The molecule has 3 nitrogen and oxygen atoms in total. The Bertz CT molecular complexity index is 453. The van der Waals surface area contributed by atoms with Crippen LogP contribution in [0, 0.1) is 0 Å². The molecule has 0 aliphatic carbocycles. The summed E-state index contributed by atoms with van der Waals surface area (Å²) in [4.78, 5) is 14.5. The normalized spacial score (nSPS) is 12.3. The molecule has 2 rings (SSSR count). The van der Waals surface area contributed by atoms with Crippen molar-refractivity contribution in [3.8, 4) is 0 Å². The number of benzene rings is 1. The number of carbonyl (C=O) groups is 1. The first kappa shape index (κ1) is 10.0. The predicted molar refractivity (Wildman–Crippen MR) is 58.0 cm³/mol. The Morgan fingerprint density at radius 1 is 1.33 bits per heavy atom. The van der Waals surface area contributed by atoms with Gasteiger partial charge in [0.25, 0.3) is 0 Å². The fraction of sp³-hybridized carbons (Fsp3) is 0.0909. The highest BCUT2D eigenvalue weighted by Gasteiger charge is 2.13. The van der Waals surface area contributed by atoms with Gasteiger partial charge >= 0.3 is 0 Å². The molecule has 0 spiro atoms. The number of carbonyl (C=O) groups excluding carboxylic acids is 1. The standard InChI is InChI=1S/C11H9NO2S/c13-6-10-12-9(7-15-10)11(14)8-4-2-1-3-5-8/h1-7,11,14H. The Kier molecular flexibility index (Phi) is 2.89. The molecule has 4 heteroatoms. The number of aliphatic hydroxyl groups is 1. The summed E-state index contributed by atoms with van der Waals surface area (Å²) in [5.41, 5.74) is 1.30. The van der Waals surface area contributed by atoms with Crippen molar-refractivity contribution in [1.29, 1.82) is 0 Å². The van der Waals surface area contributed by atoms with Gasteiger partial charge in [-0.05, 0) is 5.56 Å². The fourth-order valence-electron chi connectivity index (χ4n) is 1.29. The minimum atomic E-state index is -0.754. The van der Waals surface area contributed by atoms with E-state index in [-0.39, 0.29) is 0 Å². The molecule has 0 aliphatic heterocycles. The molecular formula is C11H9NO2S. The lowest BCUT2D eigenvalue weighted by Crippen LogP contribution is -1.99. The van der Waals surface area contributed by atoms with Crippen LogP contribution in [0.4, 0.5) is 0 Å². The van der Waals surface area contributed by atoms with E-state index >= 15 is 0 Å². The van der Waals surface area contributed by atoms with Gasteiger partial charge in [-0.2, -0.15) is 0 Å². The molecule has 0 saturated heterocycles. The second-order valence-corrected chi connectivity index (χ2v) is 3.93. The molecule has 0 fully saturated rings. The molecule has 15 heavy (non-hydrogen) atoms. The maximum absolute atomic E-state index is 10.4. The summed E-state index contributed by atoms with van der Waals surface area (Å²) < 4.78 is 0. The zero-order chi connectivity index (χ0) is 10.7.